The Morgan fingerprint density at radius 3 is 2.58 bits per heavy atom. The summed E-state index contributed by atoms with van der Waals surface area (Å²) in [6, 6.07) is 19.0. The van der Waals surface area contributed by atoms with Crippen LogP contribution in [-0.2, 0) is 17.0 Å². The predicted octanol–water partition coefficient (Wildman–Crippen LogP) is 4.65. The van der Waals surface area contributed by atoms with Crippen LogP contribution in [0.5, 0.6) is 11.5 Å². The maximum atomic E-state index is 12.7. The first-order valence-electron chi connectivity index (χ1n) is 11.8. The second kappa shape index (κ2) is 11.9. The van der Waals surface area contributed by atoms with Gasteiger partial charge in [0.15, 0.2) is 11.5 Å². The molecule has 36 heavy (non-hydrogen) atoms. The van der Waals surface area contributed by atoms with E-state index in [9.17, 15) is 9.59 Å². The fourth-order valence-corrected chi connectivity index (χ4v) is 5.15. The van der Waals surface area contributed by atoms with Crippen LogP contribution in [0.15, 0.2) is 60.7 Å². The van der Waals surface area contributed by atoms with E-state index < -0.39 is 0 Å². The van der Waals surface area contributed by atoms with Gasteiger partial charge < -0.3 is 25.4 Å². The van der Waals surface area contributed by atoms with Crippen molar-refractivity contribution in [3.63, 3.8) is 0 Å². The molecule has 0 radical (unpaired) electrons. The van der Waals surface area contributed by atoms with Crippen molar-refractivity contribution in [1.82, 2.24) is 5.32 Å². The van der Waals surface area contributed by atoms with Crippen molar-refractivity contribution in [3.8, 4) is 11.5 Å². The van der Waals surface area contributed by atoms with E-state index in [1.54, 1.807) is 38.1 Å². The molecular formula is C28H31N3O4S. The van der Waals surface area contributed by atoms with E-state index in [1.165, 1.54) is 11.1 Å². The lowest BCUT2D eigenvalue weighted by Crippen LogP contribution is -2.40. The fourth-order valence-electron chi connectivity index (χ4n) is 4.02. The Morgan fingerprint density at radius 2 is 1.81 bits per heavy atom. The number of methoxy groups -OCH3 is 2. The third-order valence-electron chi connectivity index (χ3n) is 6.14. The van der Waals surface area contributed by atoms with E-state index in [0.717, 1.165) is 17.0 Å². The van der Waals surface area contributed by atoms with Crippen LogP contribution in [0.4, 0.5) is 11.4 Å². The van der Waals surface area contributed by atoms with Gasteiger partial charge in [-0.15, -0.1) is 0 Å². The van der Waals surface area contributed by atoms with E-state index in [4.69, 9.17) is 9.47 Å². The molecule has 0 saturated carbocycles. The molecule has 1 aliphatic rings. The maximum absolute atomic E-state index is 12.7. The van der Waals surface area contributed by atoms with E-state index in [-0.39, 0.29) is 17.9 Å². The van der Waals surface area contributed by atoms with Crippen LogP contribution in [0.2, 0.25) is 0 Å². The lowest BCUT2D eigenvalue weighted by molar-refractivity contribution is -0.116. The van der Waals surface area contributed by atoms with Crippen LogP contribution >= 0.6 is 11.8 Å². The highest BCUT2D eigenvalue weighted by Crippen LogP contribution is 2.30. The Balaban J connectivity index is 1.30. The van der Waals surface area contributed by atoms with Crippen LogP contribution in [-0.4, -0.2) is 44.4 Å². The van der Waals surface area contributed by atoms with Gasteiger partial charge in [0.05, 0.1) is 25.6 Å². The molecule has 8 heteroatoms. The van der Waals surface area contributed by atoms with Gasteiger partial charge >= 0.3 is 0 Å². The Morgan fingerprint density at radius 1 is 1.00 bits per heavy atom. The summed E-state index contributed by atoms with van der Waals surface area (Å²) < 4.78 is 10.6. The normalized spacial score (nSPS) is 14.3. The Labute approximate surface area is 216 Å². The Bertz CT molecular complexity index is 1250. The molecule has 4 rings (SSSR count). The number of amides is 2. The first-order chi connectivity index (χ1) is 17.5. The number of hydrogen-bond donors (Lipinski definition) is 3. The molecular weight excluding hydrogens is 474 g/mol. The van der Waals surface area contributed by atoms with Crippen LogP contribution in [0.1, 0.15) is 27.0 Å². The predicted molar refractivity (Wildman–Crippen MR) is 145 cm³/mol. The van der Waals surface area contributed by atoms with E-state index in [1.807, 2.05) is 36.4 Å². The number of carbonyl (C=O) groups excluding carboxylic acids is 2. The fraction of sp³-hybridized carbons (Fsp3) is 0.286. The molecule has 2 amide bonds. The number of anilines is 2. The highest BCUT2D eigenvalue weighted by Gasteiger charge is 2.26. The van der Waals surface area contributed by atoms with Gasteiger partial charge in [0.2, 0.25) is 5.91 Å². The lowest BCUT2D eigenvalue weighted by atomic mass is 10.1. The van der Waals surface area contributed by atoms with Crippen LogP contribution in [0.25, 0.3) is 0 Å². The van der Waals surface area contributed by atoms with E-state index >= 15 is 0 Å². The minimum atomic E-state index is -0.326. The van der Waals surface area contributed by atoms with Gasteiger partial charge in [0.25, 0.3) is 5.91 Å². The maximum Gasteiger partial charge on any atom is 0.251 e. The molecule has 0 bridgehead atoms. The van der Waals surface area contributed by atoms with Gasteiger partial charge in [-0.05, 0) is 60.4 Å². The number of ether oxygens (including phenoxy) is 2. The van der Waals surface area contributed by atoms with Gasteiger partial charge in [-0.3, -0.25) is 9.59 Å². The van der Waals surface area contributed by atoms with Crippen molar-refractivity contribution >= 4 is 35.0 Å². The molecule has 0 aliphatic carbocycles. The summed E-state index contributed by atoms with van der Waals surface area (Å²) in [6.45, 7) is 2.57. The smallest absolute Gasteiger partial charge is 0.251 e. The van der Waals surface area contributed by atoms with Crippen molar-refractivity contribution in [1.29, 1.82) is 0 Å². The molecule has 0 fully saturated rings. The Kier molecular flexibility index (Phi) is 8.38. The molecule has 1 atom stereocenters. The summed E-state index contributed by atoms with van der Waals surface area (Å²) in [5.41, 5.74) is 5.49. The molecule has 7 nitrogen and oxygen atoms in total. The van der Waals surface area contributed by atoms with Crippen LogP contribution < -0.4 is 25.4 Å². The topological polar surface area (TPSA) is 88.7 Å². The highest BCUT2D eigenvalue weighted by atomic mass is 32.2. The third-order valence-corrected chi connectivity index (χ3v) is 7.22. The number of nitrogens with one attached hydrogen (secondary N) is 3. The largest absolute Gasteiger partial charge is 0.493 e. The average Bonchev–Trinajstić information content (AvgIpc) is 2.89. The quantitative estimate of drug-likeness (QED) is 0.372. The second-order valence-corrected chi connectivity index (χ2v) is 9.61. The van der Waals surface area contributed by atoms with Crippen LogP contribution in [0.3, 0.4) is 0 Å². The average molecular weight is 506 g/mol. The van der Waals surface area contributed by atoms with Gasteiger partial charge in [0.1, 0.15) is 6.04 Å². The second-order valence-electron chi connectivity index (χ2n) is 8.58. The first kappa shape index (κ1) is 25.4. The lowest BCUT2D eigenvalue weighted by Gasteiger charge is -2.27. The first-order valence-corrected chi connectivity index (χ1v) is 13.0. The van der Waals surface area contributed by atoms with Crippen molar-refractivity contribution in [2.45, 2.75) is 25.1 Å². The summed E-state index contributed by atoms with van der Waals surface area (Å²) in [6.07, 6.45) is 0.650. The monoisotopic (exact) mass is 505 g/mol. The number of carbonyl (C=O) groups is 2. The SMILES string of the molecule is COc1ccc(CCNC(=O)c2ccc3c(c2)NC(=O)[C@H](CSCc2ccccc2C)N3)cc1OC. The number of aryl methyl sites for hydroxylation is 1. The summed E-state index contributed by atoms with van der Waals surface area (Å²) in [5, 5.41) is 9.20. The minimum Gasteiger partial charge on any atom is -0.493 e. The van der Waals surface area contributed by atoms with Crippen molar-refractivity contribution in [3.05, 3.63) is 82.9 Å². The molecule has 0 aromatic heterocycles. The zero-order valence-corrected chi connectivity index (χ0v) is 21.5. The highest BCUT2D eigenvalue weighted by molar-refractivity contribution is 7.98. The molecule has 188 valence electrons. The van der Waals surface area contributed by atoms with Gasteiger partial charge in [-0.25, -0.2) is 0 Å². The number of benzene rings is 3. The number of thioether (sulfide) groups is 1. The van der Waals surface area contributed by atoms with Crippen molar-refractivity contribution < 1.29 is 19.1 Å². The summed E-state index contributed by atoms with van der Waals surface area (Å²) >= 11 is 1.72. The standard InChI is InChI=1S/C28H31N3O4S/c1-18-6-4-5-7-21(18)16-36-17-24-28(33)31-23-15-20(9-10-22(23)30-24)27(32)29-13-12-19-8-11-25(34-2)26(14-19)35-3/h4-11,14-15,24,30H,12-13,16-17H2,1-3H3,(H,29,32)(H,31,33)/t24-/m0/s1. The van der Waals surface area contributed by atoms with Gasteiger partial charge in [-0.1, -0.05) is 30.3 Å². The molecule has 1 heterocycles. The molecule has 3 aromatic carbocycles. The molecule has 0 saturated heterocycles. The summed E-state index contributed by atoms with van der Waals surface area (Å²) in [5.74, 6) is 2.55. The molecule has 3 N–H and O–H groups in total. The molecule has 3 aromatic rings. The van der Waals surface area contributed by atoms with Gasteiger partial charge in [0, 0.05) is 23.6 Å². The van der Waals surface area contributed by atoms with E-state index in [2.05, 4.69) is 35.0 Å². The molecule has 0 unspecified atom stereocenters. The van der Waals surface area contributed by atoms with Gasteiger partial charge in [-0.2, -0.15) is 11.8 Å². The zero-order chi connectivity index (χ0) is 25.5. The summed E-state index contributed by atoms with van der Waals surface area (Å²) in [7, 11) is 3.19. The summed E-state index contributed by atoms with van der Waals surface area (Å²) in [4.78, 5) is 25.4. The third kappa shape index (κ3) is 6.12. The van der Waals surface area contributed by atoms with Crippen molar-refractivity contribution in [2.24, 2.45) is 0 Å². The van der Waals surface area contributed by atoms with Crippen LogP contribution in [0, 0.1) is 6.92 Å². The minimum absolute atomic E-state index is 0.0919. The Hall–Kier alpha value is -3.65. The molecule has 1 aliphatic heterocycles. The number of hydrogen-bond acceptors (Lipinski definition) is 6. The van der Waals surface area contributed by atoms with E-state index in [0.29, 0.717) is 41.5 Å². The zero-order valence-electron chi connectivity index (χ0n) is 20.7. The molecule has 0 spiro atoms. The number of rotatable bonds is 10. The van der Waals surface area contributed by atoms with Crippen molar-refractivity contribution in [2.75, 3.05) is 37.2 Å². The number of fused-ring (bicyclic) bond motifs is 1.